The maximum absolute atomic E-state index is 2.36. The Morgan fingerprint density at radius 3 is 0.385 bits per heavy atom. The van der Waals surface area contributed by atoms with Crippen LogP contribution < -0.4 is 0 Å². The van der Waals surface area contributed by atoms with Crippen LogP contribution in [0.15, 0.2) is 0 Å². The van der Waals surface area contributed by atoms with Crippen molar-refractivity contribution < 1.29 is 0 Å². The van der Waals surface area contributed by atoms with E-state index in [1.54, 1.807) is 0 Å². The summed E-state index contributed by atoms with van der Waals surface area (Å²) < 4.78 is 0. The van der Waals surface area contributed by atoms with Crippen molar-refractivity contribution in [2.45, 2.75) is 44.5 Å². The predicted octanol–water partition coefficient (Wildman–Crippen LogP) is 4.17. The van der Waals surface area contributed by atoms with Gasteiger partial charge in [-0.3, -0.25) is 0 Å². The van der Waals surface area contributed by atoms with Crippen molar-refractivity contribution in [2.24, 2.45) is 0 Å². The first-order valence-corrected chi connectivity index (χ1v) is 30.2. The van der Waals surface area contributed by atoms with Crippen molar-refractivity contribution >= 4 is 69.2 Å². The fourth-order valence-corrected chi connectivity index (χ4v) is 0. The molecule has 1 unspecified atom stereocenters. The SMILES string of the molecule is P.[CH3][Sn]([CH3])[CH3].[CH3][Sn]([CH3])[CH3].[CH3][Sn]([CH3])[CH3]. The van der Waals surface area contributed by atoms with Gasteiger partial charge in [-0.05, 0) is 0 Å². The summed E-state index contributed by atoms with van der Waals surface area (Å²) in [4.78, 5) is 21.3. The molecule has 0 nitrogen and oxygen atoms in total. The number of hydrogen-bond donors (Lipinski definition) is 0. The van der Waals surface area contributed by atoms with Gasteiger partial charge in [-0.1, -0.05) is 0 Å². The topological polar surface area (TPSA) is 0 Å². The van der Waals surface area contributed by atoms with Gasteiger partial charge in [-0.15, -0.1) is 0 Å². The molecule has 0 aromatic carbocycles. The number of hydrogen-bond acceptors (Lipinski definition) is 0. The summed E-state index contributed by atoms with van der Waals surface area (Å²) >= 11 is -1.63. The van der Waals surface area contributed by atoms with Gasteiger partial charge < -0.3 is 0 Å². The van der Waals surface area contributed by atoms with Gasteiger partial charge in [-0.2, -0.15) is 9.90 Å². The zero-order chi connectivity index (χ0) is 10.7. The van der Waals surface area contributed by atoms with E-state index in [0.29, 0.717) is 0 Å². The molecule has 0 amide bonds. The van der Waals surface area contributed by atoms with Gasteiger partial charge in [0.1, 0.15) is 0 Å². The van der Waals surface area contributed by atoms with Gasteiger partial charge in [0.25, 0.3) is 0 Å². The van der Waals surface area contributed by atoms with Crippen LogP contribution in [0.4, 0.5) is 0 Å². The second-order valence-corrected chi connectivity index (χ2v) is 30.2. The molecule has 0 bridgehead atoms. The Balaban J connectivity index is -0.0000000450. The van der Waals surface area contributed by atoms with Crippen LogP contribution in [0.1, 0.15) is 0 Å². The molecule has 0 spiro atoms. The molecule has 0 fully saturated rings. The molecule has 0 saturated carbocycles. The predicted molar refractivity (Wildman–Crippen MR) is 81.1 cm³/mol. The van der Waals surface area contributed by atoms with Crippen molar-refractivity contribution in [2.75, 3.05) is 0 Å². The average Bonchev–Trinajstić information content (AvgIpc) is 1.54. The third-order valence-electron chi connectivity index (χ3n) is 0. The fraction of sp³-hybridized carbons (Fsp3) is 1.00. The van der Waals surface area contributed by atoms with Gasteiger partial charge in [0.05, 0.1) is 0 Å². The van der Waals surface area contributed by atoms with E-state index in [2.05, 4.69) is 44.5 Å². The summed E-state index contributed by atoms with van der Waals surface area (Å²) in [6, 6.07) is 0. The summed E-state index contributed by atoms with van der Waals surface area (Å²) in [5.41, 5.74) is 0. The molecule has 0 aromatic heterocycles. The van der Waals surface area contributed by atoms with Crippen LogP contribution in [0.5, 0.6) is 0 Å². The molecule has 0 N–H and O–H groups in total. The van der Waals surface area contributed by atoms with Gasteiger partial charge in [0.15, 0.2) is 0 Å². The van der Waals surface area contributed by atoms with Crippen molar-refractivity contribution in [3.05, 3.63) is 0 Å². The summed E-state index contributed by atoms with van der Waals surface area (Å²) in [5, 5.41) is 0. The first-order chi connectivity index (χ1) is 5.20. The zero-order valence-electron chi connectivity index (χ0n) is 11.2. The zero-order valence-corrected chi connectivity index (χ0v) is 21.2. The van der Waals surface area contributed by atoms with E-state index in [1.807, 2.05) is 0 Å². The molecule has 0 aliphatic carbocycles. The normalized spacial score (nSPS) is 8.31. The van der Waals surface area contributed by atoms with Crippen LogP contribution in [0.25, 0.3) is 0 Å². The molecule has 4 heteroatoms. The molecule has 1 atom stereocenters. The molecule has 3 radical (unpaired) electrons. The average molecular weight is 525 g/mol. The fourth-order valence-electron chi connectivity index (χ4n) is 0. The minimum atomic E-state index is -0.543. The molecular formula is C9H30PSn3. The Kier molecular flexibility index (Phi) is 38.8. The Bertz CT molecular complexity index is 43.4. The van der Waals surface area contributed by atoms with Crippen LogP contribution in [-0.2, 0) is 0 Å². The van der Waals surface area contributed by atoms with Crippen LogP contribution in [0.3, 0.4) is 0 Å². The van der Waals surface area contributed by atoms with Crippen LogP contribution in [0, 0.1) is 0 Å². The van der Waals surface area contributed by atoms with Crippen molar-refractivity contribution in [3.8, 4) is 0 Å². The van der Waals surface area contributed by atoms with Crippen molar-refractivity contribution in [3.63, 3.8) is 0 Å². The van der Waals surface area contributed by atoms with Gasteiger partial charge in [0.2, 0.25) is 0 Å². The minimum absolute atomic E-state index is 0. The van der Waals surface area contributed by atoms with Crippen molar-refractivity contribution in [1.82, 2.24) is 0 Å². The van der Waals surface area contributed by atoms with E-state index in [-0.39, 0.29) is 9.90 Å². The molecule has 0 rings (SSSR count). The first kappa shape index (κ1) is 24.9. The molecule has 13 heavy (non-hydrogen) atoms. The second kappa shape index (κ2) is 20.3. The van der Waals surface area contributed by atoms with Crippen LogP contribution in [-0.4, -0.2) is 59.3 Å². The van der Waals surface area contributed by atoms with E-state index in [0.717, 1.165) is 0 Å². The van der Waals surface area contributed by atoms with E-state index in [4.69, 9.17) is 0 Å². The summed E-state index contributed by atoms with van der Waals surface area (Å²) in [6.45, 7) is 0. The molecule has 0 aromatic rings. The Morgan fingerprint density at radius 2 is 0.385 bits per heavy atom. The first-order valence-electron chi connectivity index (χ1n) is 4.50. The Labute approximate surface area is 112 Å². The second-order valence-electron chi connectivity index (χ2n) is 4.50. The molecule has 0 aliphatic heterocycles. The van der Waals surface area contributed by atoms with E-state index in [1.165, 1.54) is 0 Å². The Morgan fingerprint density at radius 1 is 0.385 bits per heavy atom. The summed E-state index contributed by atoms with van der Waals surface area (Å²) in [6.07, 6.45) is 0. The van der Waals surface area contributed by atoms with Crippen LogP contribution in [0.2, 0.25) is 44.5 Å². The van der Waals surface area contributed by atoms with E-state index in [9.17, 15) is 0 Å². The summed E-state index contributed by atoms with van der Waals surface area (Å²) in [5.74, 6) is 0. The monoisotopic (exact) mass is 529 g/mol. The van der Waals surface area contributed by atoms with E-state index < -0.39 is 59.3 Å². The van der Waals surface area contributed by atoms with Gasteiger partial charge in [-0.25, -0.2) is 0 Å². The van der Waals surface area contributed by atoms with Gasteiger partial charge in [0, 0.05) is 0 Å². The van der Waals surface area contributed by atoms with Crippen molar-refractivity contribution in [1.29, 1.82) is 0 Å². The van der Waals surface area contributed by atoms with Crippen LogP contribution >= 0.6 is 9.90 Å². The molecule has 0 heterocycles. The van der Waals surface area contributed by atoms with E-state index >= 15 is 0 Å². The molecule has 0 saturated heterocycles. The molecule has 0 aliphatic rings. The van der Waals surface area contributed by atoms with Gasteiger partial charge >= 0.3 is 104 Å². The number of rotatable bonds is 0. The third-order valence-corrected chi connectivity index (χ3v) is 0. The molecule has 83 valence electrons. The third kappa shape index (κ3) is 305. The molecular weight excluding hydrogens is 495 g/mol. The summed E-state index contributed by atoms with van der Waals surface area (Å²) in [7, 11) is 0. The quantitative estimate of drug-likeness (QED) is 0.329. The standard InChI is InChI=1S/9CH3.H3P.3Sn/h10*1H3;;;. The maximum atomic E-state index is 2.36. The Hall–Kier alpha value is 2.83.